The van der Waals surface area contributed by atoms with Crippen molar-refractivity contribution >= 4 is 42.3 Å². The summed E-state index contributed by atoms with van der Waals surface area (Å²) in [6.07, 6.45) is -95.0. The van der Waals surface area contributed by atoms with Crippen LogP contribution in [0.3, 0.4) is 0 Å². The van der Waals surface area contributed by atoms with Crippen LogP contribution in [0.25, 0.3) is 0 Å². The average Bonchev–Trinajstić information content (AvgIpc) is 0.776. The standard InChI is InChI=1S/C53H54F36N4O24/c1-5-25(94)102-13-9-90-33(98)106-21-38(58,59)46(74,75)50(82,83)114-29(54)42(66,67)110-17-37(18-111-43(68,69)30(55)115-51(84,85)47(76,77)39(60,61)22-107-34(99)91-10-14-103-26(95)6-2,19-112-44(70,71)31(56)116-52(86,87)48(78,79)40(62,63)23-108-35(100)92-11-15-104-27(96)7-3)20-113-45(72,73)32(57)117-53(88,89)49(80,81)41(64,65)24-109-36(101)93-12-16-105-28(97)8-4/h5-8,25,29-32,94H,1-4,9-24H2,(H,90,98)(H,91,99)(H,92,100)(H,93,101). The van der Waals surface area contributed by atoms with Crippen molar-refractivity contribution in [3.8, 4) is 0 Å². The summed E-state index contributed by atoms with van der Waals surface area (Å²) in [5.74, 6) is -62.1. The molecule has 682 valence electrons. The van der Waals surface area contributed by atoms with Crippen molar-refractivity contribution in [1.82, 2.24) is 21.3 Å². The normalized spacial score (nSPS) is 15.5. The fourth-order valence-electron chi connectivity index (χ4n) is 6.13. The minimum absolute atomic E-state index is 0.449. The van der Waals surface area contributed by atoms with Crippen LogP contribution in [0.4, 0.5) is 177 Å². The number of carbonyl (C=O) groups excluding carboxylic acids is 7. The number of amides is 4. The molecule has 4 amide bonds. The summed E-state index contributed by atoms with van der Waals surface area (Å²) >= 11 is 0. The van der Waals surface area contributed by atoms with E-state index >= 15 is 52.7 Å². The van der Waals surface area contributed by atoms with Crippen LogP contribution in [0.1, 0.15) is 0 Å². The third-order valence-corrected chi connectivity index (χ3v) is 12.4. The van der Waals surface area contributed by atoms with E-state index in [1.165, 1.54) is 21.3 Å². The van der Waals surface area contributed by atoms with Crippen LogP contribution in [0.5, 0.6) is 0 Å². The van der Waals surface area contributed by atoms with Crippen molar-refractivity contribution in [3.63, 3.8) is 0 Å². The second kappa shape index (κ2) is 42.5. The molecular weight excluding hydrogens is 1760 g/mol. The number of carbonyl (C=O) groups is 7. The van der Waals surface area contributed by atoms with Crippen molar-refractivity contribution in [2.24, 2.45) is 5.41 Å². The van der Waals surface area contributed by atoms with Crippen molar-refractivity contribution < 1.29 is 273 Å². The quantitative estimate of drug-likeness (QED) is 0.00718. The number of hydrogen-bond acceptors (Lipinski definition) is 24. The molecule has 0 bridgehead atoms. The van der Waals surface area contributed by atoms with Crippen LogP contribution in [0.2, 0.25) is 0 Å². The Morgan fingerprint density at radius 1 is 0.299 bits per heavy atom. The highest BCUT2D eigenvalue weighted by Gasteiger charge is 2.79. The first kappa shape index (κ1) is 109. The van der Waals surface area contributed by atoms with Gasteiger partial charge in [-0.3, -0.25) is 18.9 Å². The minimum atomic E-state index is -7.76. The zero-order valence-corrected chi connectivity index (χ0v) is 56.8. The first-order valence-electron chi connectivity index (χ1n) is 29.5. The number of rotatable bonds is 57. The van der Waals surface area contributed by atoms with Gasteiger partial charge in [0.1, 0.15) is 19.8 Å². The zero-order valence-electron chi connectivity index (χ0n) is 56.8. The monoisotopic (exact) mass is 1810 g/mol. The van der Waals surface area contributed by atoms with E-state index in [0.717, 1.165) is 0 Å². The Morgan fingerprint density at radius 3 is 0.667 bits per heavy atom. The van der Waals surface area contributed by atoms with Crippen LogP contribution < -0.4 is 21.3 Å². The summed E-state index contributed by atoms with van der Waals surface area (Å²) in [4.78, 5) is 79.7. The van der Waals surface area contributed by atoms with Crippen molar-refractivity contribution in [2.75, 3.05) is 105 Å². The molecule has 0 aliphatic carbocycles. The maximum absolute atomic E-state index is 15.4. The number of aliphatic hydroxyl groups excluding tert-OH is 1. The van der Waals surface area contributed by atoms with Gasteiger partial charge in [0.2, 0.25) is 0 Å². The molecule has 0 rings (SSSR count). The van der Waals surface area contributed by atoms with E-state index in [1.807, 2.05) is 0 Å². The molecule has 5 N–H and O–H groups in total. The molecule has 117 heavy (non-hydrogen) atoms. The Hall–Kier alpha value is -8.47. The first-order valence-corrected chi connectivity index (χ1v) is 29.5. The van der Waals surface area contributed by atoms with Gasteiger partial charge in [-0.05, 0) is 6.08 Å². The number of aliphatic hydroxyl groups is 1. The molecule has 0 fully saturated rings. The molecule has 0 aromatic heterocycles. The highest BCUT2D eigenvalue weighted by molar-refractivity contribution is 5.82. The summed E-state index contributed by atoms with van der Waals surface area (Å²) < 4.78 is 588. The van der Waals surface area contributed by atoms with E-state index in [0.29, 0.717) is 24.3 Å². The molecular formula is C53H54F36N4O24. The molecule has 0 aromatic carbocycles. The molecule has 0 aliphatic rings. The van der Waals surface area contributed by atoms with Gasteiger partial charge < -0.3 is 83.2 Å². The van der Waals surface area contributed by atoms with Crippen molar-refractivity contribution in [3.05, 3.63) is 50.6 Å². The molecule has 5 unspecified atom stereocenters. The molecule has 0 heterocycles. The van der Waals surface area contributed by atoms with Gasteiger partial charge in [-0.1, -0.05) is 26.3 Å². The Balaban J connectivity index is 8.42. The molecule has 0 spiro atoms. The topological polar surface area (TPSA) is 336 Å². The summed E-state index contributed by atoms with van der Waals surface area (Å²) in [6, 6.07) is 0. The van der Waals surface area contributed by atoms with Crippen LogP contribution in [-0.4, -0.2) is 281 Å². The lowest BCUT2D eigenvalue weighted by Gasteiger charge is -2.39. The maximum atomic E-state index is 15.4. The number of nitrogens with one attached hydrogen (secondary N) is 4. The smallest absolute Gasteiger partial charge is 0.428 e. The van der Waals surface area contributed by atoms with Gasteiger partial charge in [-0.2, -0.15) is 140 Å². The fourth-order valence-corrected chi connectivity index (χ4v) is 6.13. The van der Waals surface area contributed by atoms with E-state index in [-0.39, 0.29) is 0 Å². The SMILES string of the molecule is C=CC(=O)OCCNC(=O)OCC(F)(F)C(F)(F)C(F)(F)OC(F)C(F)(F)OCC(COC(F)(F)C(F)OC(F)(F)C(F)(F)C(F)(F)COC(=O)NCCOC(=O)C=C)(COC(F)(F)C(F)OC(F)(F)C(F)(F)C(F)(F)COC(=O)NCCOC(=O)C=C)COC(F)(F)C(F)OC(F)(F)C(F)(F)C(F)(F)COC(=O)NCCOC(O)C=C. The Labute approximate surface area is 625 Å². The third-order valence-electron chi connectivity index (χ3n) is 12.4. The van der Waals surface area contributed by atoms with Gasteiger partial charge in [0.05, 0.1) is 58.1 Å². The Bertz CT molecular complexity index is 3030. The van der Waals surface area contributed by atoms with Gasteiger partial charge in [-0.25, -0.2) is 51.1 Å². The highest BCUT2D eigenvalue weighted by atomic mass is 19.4. The molecule has 64 heteroatoms. The number of alkyl carbamates (subject to hydrolysis) is 4. The predicted octanol–water partition coefficient (Wildman–Crippen LogP) is 10.7. The largest absolute Gasteiger partial charge is 0.461 e. The minimum Gasteiger partial charge on any atom is -0.461 e. The average molecular weight is 1810 g/mol. The molecule has 0 aromatic rings. The van der Waals surface area contributed by atoms with Gasteiger partial charge in [0, 0.05) is 24.8 Å². The zero-order chi connectivity index (χ0) is 91.7. The lowest BCUT2D eigenvalue weighted by molar-refractivity contribution is -0.464. The number of hydrogen-bond donors (Lipinski definition) is 5. The maximum Gasteiger partial charge on any atom is 0.428 e. The molecule has 5 atom stereocenters. The molecule has 28 nitrogen and oxygen atoms in total. The van der Waals surface area contributed by atoms with Gasteiger partial charge in [0.15, 0.2) is 32.7 Å². The molecule has 0 aliphatic heterocycles. The lowest BCUT2D eigenvalue weighted by atomic mass is 9.92. The summed E-state index contributed by atoms with van der Waals surface area (Å²) in [5, 5.41) is 14.3. The number of halogens is 36. The summed E-state index contributed by atoms with van der Waals surface area (Å²) in [5.41, 5.74) is -5.63. The van der Waals surface area contributed by atoms with Gasteiger partial charge in [0.25, 0.3) is 25.4 Å². The first-order chi connectivity index (χ1) is 52.7. The number of alkyl halides is 36. The molecule has 0 radical (unpaired) electrons. The van der Waals surface area contributed by atoms with E-state index in [4.69, 9.17) is 5.11 Å². The summed E-state index contributed by atoms with van der Waals surface area (Å²) in [6.45, 7) is -26.6. The van der Waals surface area contributed by atoms with Crippen LogP contribution >= 0.6 is 0 Å². The van der Waals surface area contributed by atoms with Gasteiger partial charge >= 0.3 is 139 Å². The van der Waals surface area contributed by atoms with E-state index in [1.54, 1.807) is 0 Å². The second-order valence-corrected chi connectivity index (χ2v) is 21.4. The number of ether oxygens (including phenoxy) is 16. The van der Waals surface area contributed by atoms with Crippen molar-refractivity contribution in [1.29, 1.82) is 0 Å². The molecule has 0 saturated heterocycles. The van der Waals surface area contributed by atoms with Crippen LogP contribution in [-0.2, 0) is 90.2 Å². The van der Waals surface area contributed by atoms with Crippen LogP contribution in [0.15, 0.2) is 50.6 Å². The Morgan fingerprint density at radius 2 is 0.487 bits per heavy atom. The lowest BCUT2D eigenvalue weighted by Crippen LogP contribution is -2.60. The van der Waals surface area contributed by atoms with Crippen molar-refractivity contribution in [2.45, 2.75) is 128 Å². The van der Waals surface area contributed by atoms with E-state index in [2.05, 4.69) is 102 Å². The highest BCUT2D eigenvalue weighted by Crippen LogP contribution is 2.53. The van der Waals surface area contributed by atoms with E-state index in [9.17, 15) is 139 Å². The summed E-state index contributed by atoms with van der Waals surface area (Å²) in [7, 11) is 0. The fraction of sp³-hybridized carbons (Fsp3) is 0.717. The molecule has 0 saturated carbocycles. The predicted molar refractivity (Wildman–Crippen MR) is 292 cm³/mol. The van der Waals surface area contributed by atoms with E-state index < -0.39 is 281 Å². The number of esters is 3. The Kier molecular flexibility index (Phi) is 39.4. The third kappa shape index (κ3) is 31.3. The van der Waals surface area contributed by atoms with Crippen LogP contribution in [0, 0.1) is 5.41 Å². The van der Waals surface area contributed by atoms with Gasteiger partial charge in [-0.15, -0.1) is 0 Å². The second-order valence-electron chi connectivity index (χ2n) is 21.4.